The van der Waals surface area contributed by atoms with Gasteiger partial charge in [-0.15, -0.1) is 0 Å². The van der Waals surface area contributed by atoms with Gasteiger partial charge in [0, 0.05) is 18.1 Å². The van der Waals surface area contributed by atoms with Crippen molar-refractivity contribution in [3.05, 3.63) is 23.8 Å². The van der Waals surface area contributed by atoms with Crippen molar-refractivity contribution in [3.8, 4) is 0 Å². The molecule has 0 bridgehead atoms. The standard InChI is InChI=1S/C14H21NO3/c1-3-18-13(16)11-4-5-12(10(2)8-11)14(15)6-7-17-9-14/h4-5,8,10,12H,3,6-7,9,15H2,1-2H3. The highest BCUT2D eigenvalue weighted by molar-refractivity contribution is 5.91. The molecule has 3 atom stereocenters. The summed E-state index contributed by atoms with van der Waals surface area (Å²) in [7, 11) is 0. The molecule has 1 saturated heterocycles. The quantitative estimate of drug-likeness (QED) is 0.770. The lowest BCUT2D eigenvalue weighted by molar-refractivity contribution is -0.138. The maximum Gasteiger partial charge on any atom is 0.337 e. The third-order valence-corrected chi connectivity index (χ3v) is 3.75. The SMILES string of the molecule is CCOC(=O)C1=CC(C)C(C2(N)CCOC2)C=C1. The molecule has 2 aliphatic rings. The molecule has 3 unspecified atom stereocenters. The van der Waals surface area contributed by atoms with E-state index in [0.717, 1.165) is 13.0 Å². The lowest BCUT2D eigenvalue weighted by Crippen LogP contribution is -2.49. The second-order valence-electron chi connectivity index (χ2n) is 5.12. The van der Waals surface area contributed by atoms with Crippen LogP contribution in [0.4, 0.5) is 0 Å². The zero-order chi connectivity index (χ0) is 13.2. The average molecular weight is 251 g/mol. The molecule has 1 heterocycles. The van der Waals surface area contributed by atoms with Crippen molar-refractivity contribution >= 4 is 5.97 Å². The number of ether oxygens (including phenoxy) is 2. The van der Waals surface area contributed by atoms with Crippen LogP contribution in [0, 0.1) is 11.8 Å². The second kappa shape index (κ2) is 5.24. The van der Waals surface area contributed by atoms with Crippen molar-refractivity contribution in [2.75, 3.05) is 19.8 Å². The van der Waals surface area contributed by atoms with E-state index in [1.54, 1.807) is 0 Å². The van der Waals surface area contributed by atoms with Gasteiger partial charge in [0.15, 0.2) is 0 Å². The summed E-state index contributed by atoms with van der Waals surface area (Å²) in [5, 5.41) is 0. The van der Waals surface area contributed by atoms with Crippen LogP contribution in [-0.2, 0) is 14.3 Å². The molecular formula is C14H21NO3. The summed E-state index contributed by atoms with van der Waals surface area (Å²) in [5.41, 5.74) is 6.71. The van der Waals surface area contributed by atoms with Gasteiger partial charge >= 0.3 is 5.97 Å². The molecule has 0 aromatic rings. The fourth-order valence-corrected chi connectivity index (χ4v) is 2.75. The van der Waals surface area contributed by atoms with Gasteiger partial charge in [-0.1, -0.05) is 25.2 Å². The second-order valence-corrected chi connectivity index (χ2v) is 5.12. The van der Waals surface area contributed by atoms with Crippen molar-refractivity contribution in [2.45, 2.75) is 25.8 Å². The van der Waals surface area contributed by atoms with Gasteiger partial charge in [-0.05, 0) is 19.3 Å². The topological polar surface area (TPSA) is 61.5 Å². The van der Waals surface area contributed by atoms with Crippen LogP contribution >= 0.6 is 0 Å². The predicted octanol–water partition coefficient (Wildman–Crippen LogP) is 1.42. The van der Waals surface area contributed by atoms with E-state index < -0.39 is 0 Å². The Bertz CT molecular complexity index is 381. The molecule has 4 heteroatoms. The minimum atomic E-state index is -0.299. The molecule has 1 aliphatic heterocycles. The van der Waals surface area contributed by atoms with Crippen molar-refractivity contribution < 1.29 is 14.3 Å². The largest absolute Gasteiger partial charge is 0.462 e. The van der Waals surface area contributed by atoms with Crippen LogP contribution in [-0.4, -0.2) is 31.3 Å². The molecular weight excluding hydrogens is 230 g/mol. The third-order valence-electron chi connectivity index (χ3n) is 3.75. The maximum absolute atomic E-state index is 11.7. The first-order chi connectivity index (χ1) is 8.57. The smallest absolute Gasteiger partial charge is 0.337 e. The molecule has 2 rings (SSSR count). The van der Waals surface area contributed by atoms with E-state index >= 15 is 0 Å². The first kappa shape index (κ1) is 13.3. The minimum Gasteiger partial charge on any atom is -0.462 e. The number of allylic oxidation sites excluding steroid dienone is 1. The van der Waals surface area contributed by atoms with Crippen LogP contribution in [0.1, 0.15) is 20.3 Å². The number of hydrogen-bond donors (Lipinski definition) is 1. The van der Waals surface area contributed by atoms with Gasteiger partial charge in [0.05, 0.1) is 18.8 Å². The Morgan fingerprint density at radius 1 is 1.67 bits per heavy atom. The lowest BCUT2D eigenvalue weighted by atomic mass is 9.73. The molecule has 2 N–H and O–H groups in total. The van der Waals surface area contributed by atoms with Crippen LogP contribution in [0.2, 0.25) is 0 Å². The Kier molecular flexibility index (Phi) is 3.88. The lowest BCUT2D eigenvalue weighted by Gasteiger charge is -2.35. The number of esters is 1. The highest BCUT2D eigenvalue weighted by Gasteiger charge is 2.40. The Morgan fingerprint density at radius 3 is 3.00 bits per heavy atom. The fourth-order valence-electron chi connectivity index (χ4n) is 2.75. The molecule has 1 fully saturated rings. The highest BCUT2D eigenvalue weighted by Crippen LogP contribution is 2.35. The summed E-state index contributed by atoms with van der Waals surface area (Å²) in [4.78, 5) is 11.7. The molecule has 100 valence electrons. The summed E-state index contributed by atoms with van der Waals surface area (Å²) in [6.07, 6.45) is 6.69. The highest BCUT2D eigenvalue weighted by atomic mass is 16.5. The van der Waals surface area contributed by atoms with Gasteiger partial charge in [-0.3, -0.25) is 0 Å². The van der Waals surface area contributed by atoms with Crippen LogP contribution < -0.4 is 5.73 Å². The van der Waals surface area contributed by atoms with Gasteiger partial charge in [0.1, 0.15) is 0 Å². The third kappa shape index (κ3) is 2.49. The number of hydrogen-bond acceptors (Lipinski definition) is 4. The van der Waals surface area contributed by atoms with E-state index in [4.69, 9.17) is 15.2 Å². The zero-order valence-corrected chi connectivity index (χ0v) is 11.0. The molecule has 0 saturated carbocycles. The molecule has 0 aromatic heterocycles. The van der Waals surface area contributed by atoms with Crippen LogP contribution in [0.5, 0.6) is 0 Å². The van der Waals surface area contributed by atoms with Gasteiger partial charge in [0.2, 0.25) is 0 Å². The predicted molar refractivity (Wildman–Crippen MR) is 68.9 cm³/mol. The number of rotatable bonds is 3. The maximum atomic E-state index is 11.7. The molecule has 1 aliphatic carbocycles. The summed E-state index contributed by atoms with van der Waals surface area (Å²) in [5.74, 6) is 0.187. The normalized spacial score (nSPS) is 35.4. The zero-order valence-electron chi connectivity index (χ0n) is 11.0. The molecule has 18 heavy (non-hydrogen) atoms. The van der Waals surface area contributed by atoms with Crippen molar-refractivity contribution in [1.29, 1.82) is 0 Å². The number of carbonyl (C=O) groups is 1. The molecule has 4 nitrogen and oxygen atoms in total. The minimum absolute atomic E-state index is 0.221. The van der Waals surface area contributed by atoms with Crippen LogP contribution in [0.25, 0.3) is 0 Å². The van der Waals surface area contributed by atoms with Crippen LogP contribution in [0.15, 0.2) is 23.8 Å². The molecule has 0 radical (unpaired) electrons. The van der Waals surface area contributed by atoms with Crippen molar-refractivity contribution in [2.24, 2.45) is 17.6 Å². The molecule has 0 amide bonds. The molecule has 0 spiro atoms. The van der Waals surface area contributed by atoms with Gasteiger partial charge in [-0.2, -0.15) is 0 Å². The van der Waals surface area contributed by atoms with E-state index in [2.05, 4.69) is 6.92 Å². The number of carbonyl (C=O) groups excluding carboxylic acids is 1. The van der Waals surface area contributed by atoms with E-state index in [1.807, 2.05) is 25.2 Å². The Hall–Kier alpha value is -1.13. The summed E-state index contributed by atoms with van der Waals surface area (Å²) < 4.78 is 10.4. The van der Waals surface area contributed by atoms with E-state index in [9.17, 15) is 4.79 Å². The van der Waals surface area contributed by atoms with Gasteiger partial charge in [-0.25, -0.2) is 4.79 Å². The van der Waals surface area contributed by atoms with E-state index in [1.165, 1.54) is 0 Å². The first-order valence-electron chi connectivity index (χ1n) is 6.50. The Morgan fingerprint density at radius 2 is 2.44 bits per heavy atom. The number of nitrogens with two attached hydrogens (primary N) is 1. The van der Waals surface area contributed by atoms with Crippen molar-refractivity contribution in [3.63, 3.8) is 0 Å². The van der Waals surface area contributed by atoms with Gasteiger partial charge in [0.25, 0.3) is 0 Å². The monoisotopic (exact) mass is 251 g/mol. The summed E-state index contributed by atoms with van der Waals surface area (Å²) >= 11 is 0. The fraction of sp³-hybridized carbons (Fsp3) is 0.643. The molecule has 0 aromatic carbocycles. The summed E-state index contributed by atoms with van der Waals surface area (Å²) in [6.45, 7) is 5.61. The summed E-state index contributed by atoms with van der Waals surface area (Å²) in [6, 6.07) is 0. The first-order valence-corrected chi connectivity index (χ1v) is 6.50. The van der Waals surface area contributed by atoms with Crippen molar-refractivity contribution in [1.82, 2.24) is 0 Å². The van der Waals surface area contributed by atoms with E-state index in [0.29, 0.717) is 18.8 Å². The Labute approximate surface area is 108 Å². The van der Waals surface area contributed by atoms with Gasteiger partial charge < -0.3 is 15.2 Å². The van der Waals surface area contributed by atoms with E-state index in [-0.39, 0.29) is 23.3 Å². The van der Waals surface area contributed by atoms with Crippen LogP contribution in [0.3, 0.4) is 0 Å². The Balaban J connectivity index is 2.09. The average Bonchev–Trinajstić information content (AvgIpc) is 2.77.